The topological polar surface area (TPSA) is 17.0 Å². The first-order valence-corrected chi connectivity index (χ1v) is 10.9. The van der Waals surface area contributed by atoms with Gasteiger partial charge in [-0.15, -0.1) is 0 Å². The average molecular weight is 394 g/mol. The van der Waals surface area contributed by atoms with Crippen molar-refractivity contribution >= 4 is 32.7 Å². The van der Waals surface area contributed by atoms with Crippen molar-refractivity contribution in [3.8, 4) is 11.3 Å². The van der Waals surface area contributed by atoms with Crippen LogP contribution in [-0.4, -0.2) is 0 Å². The van der Waals surface area contributed by atoms with Crippen LogP contribution >= 0.6 is 0 Å². The molecule has 3 aromatic carbocycles. The number of benzene rings is 3. The van der Waals surface area contributed by atoms with E-state index in [0.717, 1.165) is 58.9 Å². The zero-order valence-electron chi connectivity index (χ0n) is 18.5. The maximum absolute atomic E-state index is 9.07. The molecule has 0 amide bonds. The van der Waals surface area contributed by atoms with E-state index < -0.39 is 5.89 Å². The van der Waals surface area contributed by atoms with Gasteiger partial charge in [0.25, 0.3) is 0 Å². The molecule has 148 valence electrons. The molecule has 1 aliphatic rings. The summed E-state index contributed by atoms with van der Waals surface area (Å²) in [6.45, 7) is 2.22. The van der Waals surface area contributed by atoms with E-state index in [1.165, 1.54) is 21.9 Å². The van der Waals surface area contributed by atoms with E-state index in [0.29, 0.717) is 0 Å². The van der Waals surface area contributed by atoms with Crippen LogP contribution in [0.3, 0.4) is 0 Å². The first-order valence-electron chi connectivity index (χ1n) is 11.4. The normalized spacial score (nSPS) is 16.5. The van der Waals surface area contributed by atoms with Gasteiger partial charge >= 0.3 is 0 Å². The van der Waals surface area contributed by atoms with Gasteiger partial charge in [-0.25, -0.2) is 4.57 Å². The molecular weight excluding hydrogens is 366 g/mol. The molecule has 2 aromatic heterocycles. The predicted molar refractivity (Wildman–Crippen MR) is 124 cm³/mol. The zero-order chi connectivity index (χ0) is 21.2. The van der Waals surface area contributed by atoms with E-state index >= 15 is 0 Å². The molecule has 1 saturated carbocycles. The summed E-state index contributed by atoms with van der Waals surface area (Å²) in [5, 5.41) is 4.69. The van der Waals surface area contributed by atoms with Gasteiger partial charge in [0.2, 0.25) is 5.69 Å². The predicted octanol–water partition coefficient (Wildman–Crippen LogP) is 7.20. The van der Waals surface area contributed by atoms with Crippen LogP contribution in [0.5, 0.6) is 0 Å². The Morgan fingerprint density at radius 2 is 1.63 bits per heavy atom. The highest BCUT2D eigenvalue weighted by atomic mass is 16.3. The summed E-state index contributed by atoms with van der Waals surface area (Å²) < 4.78 is 17.7. The number of rotatable bonds is 2. The van der Waals surface area contributed by atoms with Gasteiger partial charge in [0.1, 0.15) is 18.2 Å². The molecule has 5 aromatic rings. The maximum atomic E-state index is 9.07. The summed E-state index contributed by atoms with van der Waals surface area (Å²) in [6, 6.07) is 21.3. The highest BCUT2D eigenvalue weighted by Crippen LogP contribution is 2.43. The Morgan fingerprint density at radius 3 is 2.43 bits per heavy atom. The van der Waals surface area contributed by atoms with Crippen molar-refractivity contribution in [2.45, 2.75) is 38.5 Å². The minimum Gasteiger partial charge on any atom is -0.455 e. The Balaban J connectivity index is 1.76. The molecule has 2 heteroatoms. The fourth-order valence-corrected chi connectivity index (χ4v) is 5.26. The van der Waals surface area contributed by atoms with Gasteiger partial charge in [0.15, 0.2) is 6.20 Å². The Labute approximate surface area is 178 Å². The quantitative estimate of drug-likeness (QED) is 0.290. The second kappa shape index (κ2) is 6.70. The summed E-state index contributed by atoms with van der Waals surface area (Å²) in [5.74, 6) is -0.467. The molecule has 1 aliphatic carbocycles. The van der Waals surface area contributed by atoms with Gasteiger partial charge in [-0.1, -0.05) is 55.3 Å². The number of nitrogens with zero attached hydrogens (tertiary/aromatic N) is 1. The van der Waals surface area contributed by atoms with E-state index in [4.69, 9.17) is 5.79 Å². The number of hydrogen-bond acceptors (Lipinski definition) is 1. The molecule has 0 N–H and O–H groups in total. The molecule has 2 nitrogen and oxygen atoms in total. The first kappa shape index (κ1) is 16.6. The second-order valence-electron chi connectivity index (χ2n) is 8.57. The molecule has 0 unspecified atom stereocenters. The summed E-state index contributed by atoms with van der Waals surface area (Å²) in [4.78, 5) is 0. The molecular formula is C28H26NO+. The highest BCUT2D eigenvalue weighted by molar-refractivity contribution is 6.22. The van der Waals surface area contributed by atoms with Gasteiger partial charge in [-0.2, -0.15) is 0 Å². The standard InChI is InChI=1S/C28H26NO/c1-18-21-11-5-6-12-22(21)28-27(23-13-7-8-14-25(23)30-28)26(18)24-17-20(15-16-29(24)2)19-9-3-4-10-19/h5-8,11-17,19H,3-4,9-10H2,1-2H3/q+1/i19D. The number of pyridine rings is 1. The number of aromatic nitrogens is 1. The lowest BCUT2D eigenvalue weighted by Gasteiger charge is -2.14. The van der Waals surface area contributed by atoms with Crippen molar-refractivity contribution in [3.63, 3.8) is 0 Å². The monoisotopic (exact) mass is 393 g/mol. The fourth-order valence-electron chi connectivity index (χ4n) is 5.26. The number of para-hydroxylation sites is 1. The van der Waals surface area contributed by atoms with E-state index in [9.17, 15) is 0 Å². The van der Waals surface area contributed by atoms with Crippen molar-refractivity contribution < 1.29 is 10.4 Å². The Kier molecular flexibility index (Phi) is 3.72. The second-order valence-corrected chi connectivity index (χ2v) is 8.57. The number of hydrogen-bond donors (Lipinski definition) is 0. The van der Waals surface area contributed by atoms with E-state index in [1.807, 2.05) is 6.07 Å². The van der Waals surface area contributed by atoms with Crippen molar-refractivity contribution in [1.29, 1.82) is 0 Å². The van der Waals surface area contributed by atoms with Gasteiger partial charge < -0.3 is 4.42 Å². The van der Waals surface area contributed by atoms with Crippen LogP contribution in [0.25, 0.3) is 44.0 Å². The lowest BCUT2D eigenvalue weighted by atomic mass is 9.90. The molecule has 0 aliphatic heterocycles. The van der Waals surface area contributed by atoms with Gasteiger partial charge in [0.05, 0.1) is 5.56 Å². The van der Waals surface area contributed by atoms with Crippen molar-refractivity contribution in [1.82, 2.24) is 0 Å². The molecule has 2 heterocycles. The molecule has 0 saturated heterocycles. The minimum atomic E-state index is -0.467. The molecule has 0 spiro atoms. The largest absolute Gasteiger partial charge is 0.455 e. The first-order chi connectivity index (χ1) is 15.1. The number of fused-ring (bicyclic) bond motifs is 5. The van der Waals surface area contributed by atoms with E-state index in [1.54, 1.807) is 0 Å². The lowest BCUT2D eigenvalue weighted by molar-refractivity contribution is -0.660. The molecule has 0 bridgehead atoms. The Morgan fingerprint density at radius 1 is 0.933 bits per heavy atom. The zero-order valence-corrected chi connectivity index (χ0v) is 17.5. The molecule has 1 fully saturated rings. The van der Waals surface area contributed by atoms with Crippen molar-refractivity contribution in [2.24, 2.45) is 7.05 Å². The smallest absolute Gasteiger partial charge is 0.213 e. The van der Waals surface area contributed by atoms with Gasteiger partial charge in [-0.3, -0.25) is 0 Å². The molecule has 6 rings (SSSR count). The van der Waals surface area contributed by atoms with Crippen LogP contribution in [0, 0.1) is 6.92 Å². The van der Waals surface area contributed by atoms with Crippen molar-refractivity contribution in [3.05, 3.63) is 78.0 Å². The number of aryl methyl sites for hydroxylation is 2. The third-order valence-electron chi connectivity index (χ3n) is 6.82. The summed E-state index contributed by atoms with van der Waals surface area (Å²) >= 11 is 0. The van der Waals surface area contributed by atoms with Gasteiger partial charge in [0, 0.05) is 29.7 Å². The Bertz CT molecular complexity index is 1470. The van der Waals surface area contributed by atoms with Crippen LogP contribution < -0.4 is 4.57 Å². The fraction of sp³-hybridized carbons (Fsp3) is 0.250. The summed E-state index contributed by atoms with van der Waals surface area (Å²) in [6.07, 6.45) is 6.31. The SMILES string of the molecule is [2H]C1(c2cc[n+](C)c(-c3c(C)c4ccccc4c4oc5ccccc5c34)c2)CCCC1. The van der Waals surface area contributed by atoms with Crippen LogP contribution in [0.4, 0.5) is 0 Å². The lowest BCUT2D eigenvalue weighted by Crippen LogP contribution is -2.31. The Hall–Kier alpha value is -3.13. The summed E-state index contributed by atoms with van der Waals surface area (Å²) in [5.41, 5.74) is 6.62. The average Bonchev–Trinajstić information content (AvgIpc) is 3.40. The summed E-state index contributed by atoms with van der Waals surface area (Å²) in [7, 11) is 2.10. The van der Waals surface area contributed by atoms with Gasteiger partial charge in [-0.05, 0) is 48.2 Å². The van der Waals surface area contributed by atoms with Crippen LogP contribution in [-0.2, 0) is 7.05 Å². The highest BCUT2D eigenvalue weighted by Gasteiger charge is 2.26. The third kappa shape index (κ3) is 2.53. The third-order valence-corrected chi connectivity index (χ3v) is 6.82. The molecule has 30 heavy (non-hydrogen) atoms. The van der Waals surface area contributed by atoms with E-state index in [2.05, 4.69) is 79.3 Å². The molecule has 0 atom stereocenters. The van der Waals surface area contributed by atoms with Crippen LogP contribution in [0.15, 0.2) is 71.3 Å². The van der Waals surface area contributed by atoms with E-state index in [-0.39, 0.29) is 0 Å². The maximum Gasteiger partial charge on any atom is 0.213 e. The van der Waals surface area contributed by atoms with Crippen LogP contribution in [0.1, 0.15) is 44.1 Å². The van der Waals surface area contributed by atoms with Crippen molar-refractivity contribution in [2.75, 3.05) is 0 Å². The number of furan rings is 1. The van der Waals surface area contributed by atoms with Crippen LogP contribution in [0.2, 0.25) is 0 Å². The molecule has 0 radical (unpaired) electrons. The minimum absolute atomic E-state index is 0.467.